The van der Waals surface area contributed by atoms with E-state index in [1.807, 2.05) is 0 Å². The number of carbonyl (C=O) groups is 2. The predicted molar refractivity (Wildman–Crippen MR) is 115 cm³/mol. The van der Waals surface area contributed by atoms with E-state index in [2.05, 4.69) is 15.6 Å². The molecule has 160 valence electrons. The molecule has 1 heterocycles. The van der Waals surface area contributed by atoms with Crippen LogP contribution in [0.15, 0.2) is 60.8 Å². The van der Waals surface area contributed by atoms with E-state index in [0.29, 0.717) is 36.1 Å². The number of ether oxygens (including phenoxy) is 2. The number of nitrogens with zero attached hydrogens (tertiary/aromatic N) is 1. The lowest BCUT2D eigenvalue weighted by Gasteiger charge is -2.17. The topological polar surface area (TPSA) is 89.6 Å². The molecule has 0 saturated heterocycles. The molecule has 1 aromatic heterocycles. The summed E-state index contributed by atoms with van der Waals surface area (Å²) in [4.78, 5) is 29.2. The number of pyridine rings is 1. The third kappa shape index (κ3) is 5.57. The lowest BCUT2D eigenvalue weighted by molar-refractivity contribution is 0.101. The fraction of sp³-hybridized carbons (Fsp3) is 0.174. The average Bonchev–Trinajstić information content (AvgIpc) is 2.77. The first kappa shape index (κ1) is 21.8. The van der Waals surface area contributed by atoms with Crippen LogP contribution < -0.4 is 20.1 Å². The van der Waals surface area contributed by atoms with Gasteiger partial charge in [0.05, 0.1) is 24.6 Å². The van der Waals surface area contributed by atoms with Gasteiger partial charge in [0.2, 0.25) is 0 Å². The summed E-state index contributed by atoms with van der Waals surface area (Å²) >= 11 is 0. The van der Waals surface area contributed by atoms with Gasteiger partial charge in [-0.05, 0) is 44.2 Å². The number of rotatable bonds is 8. The summed E-state index contributed by atoms with van der Waals surface area (Å²) in [5.74, 6) is -0.772. The fourth-order valence-electron chi connectivity index (χ4n) is 2.81. The Kier molecular flexibility index (Phi) is 7.16. The van der Waals surface area contributed by atoms with Crippen LogP contribution in [0.2, 0.25) is 0 Å². The van der Waals surface area contributed by atoms with E-state index in [0.717, 1.165) is 6.07 Å². The number of nitrogens with one attached hydrogen (secondary N) is 2. The number of hydrogen-bond donors (Lipinski definition) is 2. The van der Waals surface area contributed by atoms with Crippen LogP contribution in [0.3, 0.4) is 0 Å². The quantitative estimate of drug-likeness (QED) is 0.556. The van der Waals surface area contributed by atoms with Gasteiger partial charge < -0.3 is 20.1 Å². The first-order chi connectivity index (χ1) is 15.0. The molecule has 0 unspecified atom stereocenters. The number of carbonyl (C=O) groups excluding carboxylic acids is 2. The van der Waals surface area contributed by atoms with Crippen molar-refractivity contribution in [1.82, 2.24) is 4.98 Å². The molecule has 7 nitrogen and oxygen atoms in total. The average molecular weight is 423 g/mol. The maximum absolute atomic E-state index is 13.5. The van der Waals surface area contributed by atoms with Crippen molar-refractivity contribution in [2.45, 2.75) is 13.8 Å². The molecule has 3 rings (SSSR count). The number of aromatic nitrogens is 1. The summed E-state index contributed by atoms with van der Waals surface area (Å²) in [6.07, 6.45) is 1.52. The first-order valence-corrected chi connectivity index (χ1v) is 9.74. The van der Waals surface area contributed by atoms with Crippen molar-refractivity contribution < 1.29 is 23.5 Å². The van der Waals surface area contributed by atoms with E-state index in [4.69, 9.17) is 9.47 Å². The van der Waals surface area contributed by atoms with Gasteiger partial charge in [-0.25, -0.2) is 4.39 Å². The Morgan fingerprint density at radius 2 is 1.52 bits per heavy atom. The zero-order valence-corrected chi connectivity index (χ0v) is 17.1. The molecule has 0 saturated carbocycles. The van der Waals surface area contributed by atoms with Gasteiger partial charge in [0.15, 0.2) is 0 Å². The molecule has 0 bridgehead atoms. The Hall–Kier alpha value is -3.94. The largest absolute Gasteiger partial charge is 0.492 e. The minimum Gasteiger partial charge on any atom is -0.492 e. The Labute approximate surface area is 179 Å². The van der Waals surface area contributed by atoms with Crippen LogP contribution in [-0.4, -0.2) is 30.0 Å². The van der Waals surface area contributed by atoms with Gasteiger partial charge in [0, 0.05) is 23.9 Å². The molecule has 8 heteroatoms. The summed E-state index contributed by atoms with van der Waals surface area (Å²) in [7, 11) is 0. The van der Waals surface area contributed by atoms with Crippen LogP contribution in [0.1, 0.15) is 34.7 Å². The van der Waals surface area contributed by atoms with Gasteiger partial charge in [-0.15, -0.1) is 0 Å². The van der Waals surface area contributed by atoms with Gasteiger partial charge in [0.1, 0.15) is 23.0 Å². The minimum atomic E-state index is -0.514. The van der Waals surface area contributed by atoms with Crippen molar-refractivity contribution in [3.05, 3.63) is 77.9 Å². The molecule has 0 spiro atoms. The summed E-state index contributed by atoms with van der Waals surface area (Å²) in [6, 6.07) is 13.5. The highest BCUT2D eigenvalue weighted by Gasteiger charge is 2.18. The Morgan fingerprint density at radius 1 is 0.871 bits per heavy atom. The normalized spacial score (nSPS) is 10.3. The van der Waals surface area contributed by atoms with Gasteiger partial charge >= 0.3 is 0 Å². The third-order valence-electron chi connectivity index (χ3n) is 4.16. The van der Waals surface area contributed by atoms with Crippen molar-refractivity contribution in [1.29, 1.82) is 0 Å². The molecule has 0 radical (unpaired) electrons. The van der Waals surface area contributed by atoms with Crippen LogP contribution in [0, 0.1) is 5.82 Å². The highest BCUT2D eigenvalue weighted by molar-refractivity contribution is 6.07. The second-order valence-electron chi connectivity index (χ2n) is 6.34. The van der Waals surface area contributed by atoms with E-state index in [-0.39, 0.29) is 11.3 Å². The predicted octanol–water partition coefficient (Wildman–Crippen LogP) is 4.52. The second-order valence-corrected chi connectivity index (χ2v) is 6.34. The standard InChI is InChI=1S/C23H22FN3O4/c1-3-30-20-14-19(27-23(29)17-10-5-6-11-25-17)21(31-4-2)13-18(20)26-22(28)15-8-7-9-16(24)12-15/h5-14H,3-4H2,1-2H3,(H,26,28)(H,27,29). The molecule has 2 amide bonds. The molecule has 2 N–H and O–H groups in total. The van der Waals surface area contributed by atoms with Gasteiger partial charge in [0.25, 0.3) is 11.8 Å². The van der Waals surface area contributed by atoms with E-state index < -0.39 is 17.6 Å². The molecule has 0 atom stereocenters. The van der Waals surface area contributed by atoms with E-state index in [1.165, 1.54) is 24.4 Å². The summed E-state index contributed by atoms with van der Waals surface area (Å²) in [5, 5.41) is 5.48. The van der Waals surface area contributed by atoms with E-state index in [9.17, 15) is 14.0 Å². The maximum Gasteiger partial charge on any atom is 0.274 e. The van der Waals surface area contributed by atoms with E-state index >= 15 is 0 Å². The second kappa shape index (κ2) is 10.2. The number of anilines is 2. The molecule has 0 aliphatic carbocycles. The van der Waals surface area contributed by atoms with Gasteiger partial charge in [-0.1, -0.05) is 12.1 Å². The highest BCUT2D eigenvalue weighted by Crippen LogP contribution is 2.37. The van der Waals surface area contributed by atoms with Crippen LogP contribution in [0.4, 0.5) is 15.8 Å². The van der Waals surface area contributed by atoms with Crippen molar-refractivity contribution >= 4 is 23.2 Å². The number of amides is 2. The van der Waals surface area contributed by atoms with Gasteiger partial charge in [-0.3, -0.25) is 14.6 Å². The van der Waals surface area contributed by atoms with E-state index in [1.54, 1.807) is 44.2 Å². The summed E-state index contributed by atoms with van der Waals surface area (Å²) in [5.41, 5.74) is 1.10. The van der Waals surface area contributed by atoms with Crippen molar-refractivity contribution in [3.63, 3.8) is 0 Å². The number of halogens is 1. The molecular formula is C23H22FN3O4. The molecule has 2 aromatic carbocycles. The van der Waals surface area contributed by atoms with Crippen LogP contribution >= 0.6 is 0 Å². The number of benzene rings is 2. The lowest BCUT2D eigenvalue weighted by Crippen LogP contribution is -2.16. The Balaban J connectivity index is 1.93. The fourth-order valence-corrected chi connectivity index (χ4v) is 2.81. The zero-order valence-electron chi connectivity index (χ0n) is 17.1. The maximum atomic E-state index is 13.5. The van der Waals surface area contributed by atoms with Crippen LogP contribution in [0.5, 0.6) is 11.5 Å². The molecule has 0 fully saturated rings. The van der Waals surface area contributed by atoms with Crippen molar-refractivity contribution in [2.75, 3.05) is 23.8 Å². The Bertz CT molecular complexity index is 1070. The third-order valence-corrected chi connectivity index (χ3v) is 4.16. The SMILES string of the molecule is CCOc1cc(NC(=O)c2ccccn2)c(OCC)cc1NC(=O)c1cccc(F)c1. The molecule has 31 heavy (non-hydrogen) atoms. The Morgan fingerprint density at radius 3 is 2.06 bits per heavy atom. The molecular weight excluding hydrogens is 401 g/mol. The monoisotopic (exact) mass is 423 g/mol. The minimum absolute atomic E-state index is 0.160. The van der Waals surface area contributed by atoms with Crippen molar-refractivity contribution in [3.8, 4) is 11.5 Å². The highest BCUT2D eigenvalue weighted by atomic mass is 19.1. The molecule has 0 aliphatic heterocycles. The smallest absolute Gasteiger partial charge is 0.274 e. The lowest BCUT2D eigenvalue weighted by atomic mass is 10.2. The van der Waals surface area contributed by atoms with Crippen LogP contribution in [0.25, 0.3) is 0 Å². The van der Waals surface area contributed by atoms with Crippen molar-refractivity contribution in [2.24, 2.45) is 0 Å². The van der Waals surface area contributed by atoms with Gasteiger partial charge in [-0.2, -0.15) is 0 Å². The first-order valence-electron chi connectivity index (χ1n) is 9.74. The number of hydrogen-bond acceptors (Lipinski definition) is 5. The summed E-state index contributed by atoms with van der Waals surface area (Å²) < 4.78 is 24.8. The summed E-state index contributed by atoms with van der Waals surface area (Å²) in [6.45, 7) is 4.24. The molecule has 0 aliphatic rings. The van der Waals surface area contributed by atoms with Crippen LogP contribution in [-0.2, 0) is 0 Å². The molecule has 3 aromatic rings. The zero-order chi connectivity index (χ0) is 22.2.